The summed E-state index contributed by atoms with van der Waals surface area (Å²) in [6, 6.07) is 0. The molecule has 86 valence electrons. The molecule has 0 aromatic carbocycles. The Bertz CT molecular complexity index is 195. The van der Waals surface area contributed by atoms with Crippen LogP contribution in [0.1, 0.15) is 0 Å². The third-order valence-electron chi connectivity index (χ3n) is 1.11. The second kappa shape index (κ2) is 3.85. The van der Waals surface area contributed by atoms with E-state index in [2.05, 4.69) is 23.2 Å². The lowest BCUT2D eigenvalue weighted by atomic mass is 10.3. The van der Waals surface area contributed by atoms with Gasteiger partial charge in [-0.2, -0.15) is 26.3 Å². The fourth-order valence-electron chi connectivity index (χ4n) is 0.356. The van der Waals surface area contributed by atoms with Crippen molar-refractivity contribution in [3.8, 4) is 0 Å². The maximum Gasteiger partial charge on any atom is 0.420 e. The van der Waals surface area contributed by atoms with Crippen molar-refractivity contribution >= 4 is 55.1 Å². The fraction of sp³-hybridized carbons (Fsp3) is 1.00. The van der Waals surface area contributed by atoms with Gasteiger partial charge in [-0.3, -0.25) is 0 Å². The van der Waals surface area contributed by atoms with Crippen LogP contribution < -0.4 is 0 Å². The first kappa shape index (κ1) is 15.1. The van der Waals surface area contributed by atoms with Gasteiger partial charge in [0.1, 0.15) is 0 Å². The first-order chi connectivity index (χ1) is 5.75. The third kappa shape index (κ3) is 2.44. The maximum absolute atomic E-state index is 12.1. The van der Waals surface area contributed by atoms with Gasteiger partial charge in [-0.25, -0.2) is 0 Å². The standard InChI is InChI=1S/C4Br2Cl2F6/c5-1(7,3(9,10)11)2(6,8)4(12,13)14. The number of hydrogen-bond acceptors (Lipinski definition) is 0. The SMILES string of the molecule is FC(F)(F)C(Cl)(Br)C(Cl)(Br)C(F)(F)F. The molecular weight excluding hydrogens is 393 g/mol. The highest BCUT2D eigenvalue weighted by Crippen LogP contribution is 2.60. The Morgan fingerprint density at radius 2 is 0.786 bits per heavy atom. The van der Waals surface area contributed by atoms with E-state index in [0.717, 1.165) is 0 Å². The van der Waals surface area contributed by atoms with Gasteiger partial charge in [0.2, 0.25) is 7.57 Å². The molecule has 0 N–H and O–H groups in total. The molecule has 0 nitrogen and oxygen atoms in total. The second-order valence-corrected chi connectivity index (χ2v) is 6.57. The Labute approximate surface area is 101 Å². The van der Waals surface area contributed by atoms with E-state index >= 15 is 0 Å². The maximum atomic E-state index is 12.1. The molecular formula is C4Br2Cl2F6. The van der Waals surface area contributed by atoms with Crippen molar-refractivity contribution < 1.29 is 26.3 Å². The Balaban J connectivity index is 5.30. The van der Waals surface area contributed by atoms with Crippen molar-refractivity contribution in [2.24, 2.45) is 0 Å². The molecule has 0 aliphatic rings. The molecule has 2 atom stereocenters. The van der Waals surface area contributed by atoms with Gasteiger partial charge in [-0.1, -0.05) is 55.1 Å². The molecule has 2 unspecified atom stereocenters. The monoisotopic (exact) mass is 390 g/mol. The highest BCUT2D eigenvalue weighted by atomic mass is 79.9. The quantitative estimate of drug-likeness (QED) is 0.445. The smallest absolute Gasteiger partial charge is 0.168 e. The minimum absolute atomic E-state index is 1.70. The summed E-state index contributed by atoms with van der Waals surface area (Å²) in [5.41, 5.74) is 0. The number of halogens is 10. The van der Waals surface area contributed by atoms with E-state index in [1.807, 2.05) is 0 Å². The fourth-order valence-corrected chi connectivity index (χ4v) is 1.02. The van der Waals surface area contributed by atoms with Crippen LogP contribution in [0.2, 0.25) is 0 Å². The van der Waals surface area contributed by atoms with Crippen LogP contribution >= 0.6 is 55.1 Å². The Morgan fingerprint density at radius 3 is 0.857 bits per heavy atom. The van der Waals surface area contributed by atoms with E-state index in [-0.39, 0.29) is 0 Å². The van der Waals surface area contributed by atoms with Crippen LogP contribution in [0.3, 0.4) is 0 Å². The molecule has 0 rings (SSSR count). The van der Waals surface area contributed by atoms with Gasteiger partial charge in [-0.15, -0.1) is 0 Å². The Hall–Kier alpha value is 1.12. The lowest BCUT2D eigenvalue weighted by Crippen LogP contribution is -2.55. The van der Waals surface area contributed by atoms with Crippen molar-refractivity contribution in [2.75, 3.05) is 0 Å². The van der Waals surface area contributed by atoms with E-state index in [1.54, 1.807) is 31.9 Å². The summed E-state index contributed by atoms with van der Waals surface area (Å²) >= 11 is 12.8. The third-order valence-corrected chi connectivity index (χ3v) is 5.28. The molecule has 0 aliphatic carbocycles. The Kier molecular flexibility index (Phi) is 4.16. The molecule has 0 aromatic rings. The predicted molar refractivity (Wildman–Crippen MR) is 47.1 cm³/mol. The van der Waals surface area contributed by atoms with Crippen molar-refractivity contribution in [1.82, 2.24) is 0 Å². The number of hydrogen-bond donors (Lipinski definition) is 0. The minimum atomic E-state index is -5.38. The first-order valence-electron chi connectivity index (χ1n) is 2.64. The molecule has 0 fully saturated rings. The van der Waals surface area contributed by atoms with Crippen molar-refractivity contribution in [2.45, 2.75) is 19.9 Å². The van der Waals surface area contributed by atoms with Gasteiger partial charge in [0.05, 0.1) is 0 Å². The Morgan fingerprint density at radius 1 is 0.643 bits per heavy atom. The minimum Gasteiger partial charge on any atom is -0.168 e. The predicted octanol–water partition coefficient (Wildman–Crippen LogP) is 4.77. The highest BCUT2D eigenvalue weighted by Gasteiger charge is 2.74. The zero-order valence-corrected chi connectivity index (χ0v) is 10.5. The number of rotatable bonds is 1. The van der Waals surface area contributed by atoms with Crippen LogP contribution in [0.4, 0.5) is 26.3 Å². The molecule has 0 heterocycles. The van der Waals surface area contributed by atoms with Gasteiger partial charge < -0.3 is 0 Å². The van der Waals surface area contributed by atoms with Gasteiger partial charge in [0, 0.05) is 0 Å². The van der Waals surface area contributed by atoms with E-state index < -0.39 is 19.9 Å². The van der Waals surface area contributed by atoms with Crippen LogP contribution in [0.15, 0.2) is 0 Å². The summed E-state index contributed by atoms with van der Waals surface area (Å²) in [5, 5.41) is 0. The summed E-state index contributed by atoms with van der Waals surface area (Å²) in [6.45, 7) is 0. The summed E-state index contributed by atoms with van der Waals surface area (Å²) in [5.74, 6) is 0. The molecule has 14 heavy (non-hydrogen) atoms. The zero-order valence-electron chi connectivity index (χ0n) is 5.78. The summed E-state index contributed by atoms with van der Waals surface area (Å²) in [6.07, 6.45) is -10.8. The van der Waals surface area contributed by atoms with Gasteiger partial charge in [0.25, 0.3) is 0 Å². The lowest BCUT2D eigenvalue weighted by molar-refractivity contribution is -0.188. The molecule has 0 spiro atoms. The first-order valence-corrected chi connectivity index (χ1v) is 4.98. The molecule has 0 aromatic heterocycles. The largest absolute Gasteiger partial charge is 0.420 e. The topological polar surface area (TPSA) is 0 Å². The lowest BCUT2D eigenvalue weighted by Gasteiger charge is -2.35. The summed E-state index contributed by atoms with van der Waals surface area (Å²) in [4.78, 5) is 0. The van der Waals surface area contributed by atoms with E-state index in [9.17, 15) is 26.3 Å². The molecule has 10 heteroatoms. The van der Waals surface area contributed by atoms with Gasteiger partial charge >= 0.3 is 12.4 Å². The van der Waals surface area contributed by atoms with Crippen LogP contribution in [0.25, 0.3) is 0 Å². The van der Waals surface area contributed by atoms with E-state index in [4.69, 9.17) is 0 Å². The molecule has 0 amide bonds. The van der Waals surface area contributed by atoms with Gasteiger partial charge in [0.15, 0.2) is 0 Å². The van der Waals surface area contributed by atoms with Crippen LogP contribution in [0, 0.1) is 0 Å². The van der Waals surface area contributed by atoms with Crippen molar-refractivity contribution in [1.29, 1.82) is 0 Å². The van der Waals surface area contributed by atoms with Gasteiger partial charge in [-0.05, 0) is 0 Å². The summed E-state index contributed by atoms with van der Waals surface area (Å²) in [7, 11) is 0. The average Bonchev–Trinajstić information content (AvgIpc) is 1.81. The van der Waals surface area contributed by atoms with E-state index in [0.29, 0.717) is 0 Å². The average molecular weight is 393 g/mol. The highest BCUT2D eigenvalue weighted by molar-refractivity contribution is 9.13. The molecule has 0 aliphatic heterocycles. The van der Waals surface area contributed by atoms with Crippen LogP contribution in [0.5, 0.6) is 0 Å². The number of alkyl halides is 10. The summed E-state index contributed by atoms with van der Waals surface area (Å²) < 4.78 is 64.7. The zero-order chi connectivity index (χ0) is 12.0. The van der Waals surface area contributed by atoms with E-state index in [1.165, 1.54) is 0 Å². The van der Waals surface area contributed by atoms with Crippen LogP contribution in [-0.2, 0) is 0 Å². The molecule has 0 radical (unpaired) electrons. The molecule has 0 saturated heterocycles. The van der Waals surface area contributed by atoms with Crippen molar-refractivity contribution in [3.05, 3.63) is 0 Å². The molecule has 0 bridgehead atoms. The second-order valence-electron chi connectivity index (χ2n) is 2.14. The molecule has 0 saturated carbocycles. The van der Waals surface area contributed by atoms with Crippen LogP contribution in [-0.4, -0.2) is 19.9 Å². The normalized spacial score (nSPS) is 22.7. The van der Waals surface area contributed by atoms with Crippen molar-refractivity contribution in [3.63, 3.8) is 0 Å².